The van der Waals surface area contributed by atoms with Crippen molar-refractivity contribution in [2.24, 2.45) is 0 Å². The number of thioether (sulfide) groups is 1. The molecular weight excluding hydrogens is 418 g/mol. The molecule has 0 aliphatic carbocycles. The summed E-state index contributed by atoms with van der Waals surface area (Å²) in [7, 11) is 1.37. The van der Waals surface area contributed by atoms with Gasteiger partial charge in [0.1, 0.15) is 4.83 Å². The van der Waals surface area contributed by atoms with E-state index in [0.717, 1.165) is 25.8 Å². The zero-order chi connectivity index (χ0) is 21.1. The van der Waals surface area contributed by atoms with Gasteiger partial charge in [0.25, 0.3) is 0 Å². The first-order valence-electron chi connectivity index (χ1n) is 9.10. The van der Waals surface area contributed by atoms with Crippen molar-refractivity contribution in [1.82, 2.24) is 19.7 Å². The Bertz CT molecular complexity index is 1230. The molecule has 4 rings (SSSR count). The van der Waals surface area contributed by atoms with E-state index in [1.165, 1.54) is 30.2 Å². The van der Waals surface area contributed by atoms with Crippen LogP contribution in [0.3, 0.4) is 0 Å². The van der Waals surface area contributed by atoms with E-state index in [9.17, 15) is 4.79 Å². The van der Waals surface area contributed by atoms with Gasteiger partial charge in [0.15, 0.2) is 11.0 Å². The van der Waals surface area contributed by atoms with Gasteiger partial charge in [-0.15, -0.1) is 28.1 Å². The summed E-state index contributed by atoms with van der Waals surface area (Å²) in [5, 5.41) is 10.4. The van der Waals surface area contributed by atoms with Crippen LogP contribution < -0.4 is 5.73 Å². The van der Waals surface area contributed by atoms with Crippen LogP contribution in [0.4, 0.5) is 5.69 Å². The number of ether oxygens (including phenoxy) is 1. The number of allylic oxidation sites excluding steroid dienone is 1. The first-order chi connectivity index (χ1) is 14.6. The summed E-state index contributed by atoms with van der Waals surface area (Å²) in [4.78, 5) is 17.9. The zero-order valence-corrected chi connectivity index (χ0v) is 17.9. The van der Waals surface area contributed by atoms with Crippen LogP contribution in [0.2, 0.25) is 0 Å². The third-order valence-corrected chi connectivity index (χ3v) is 6.62. The van der Waals surface area contributed by atoms with E-state index >= 15 is 0 Å². The van der Waals surface area contributed by atoms with Gasteiger partial charge < -0.3 is 10.5 Å². The molecule has 0 spiro atoms. The molecule has 0 fully saturated rings. The second-order valence-corrected chi connectivity index (χ2v) is 8.33. The van der Waals surface area contributed by atoms with Crippen LogP contribution in [0.25, 0.3) is 20.9 Å². The number of methoxy groups -OCH3 is 1. The second kappa shape index (κ2) is 8.68. The van der Waals surface area contributed by atoms with Crippen LogP contribution in [0, 0.1) is 0 Å². The number of rotatable bonds is 7. The van der Waals surface area contributed by atoms with Crippen LogP contribution in [0.15, 0.2) is 60.4 Å². The summed E-state index contributed by atoms with van der Waals surface area (Å²) in [5.41, 5.74) is 8.55. The molecule has 0 amide bonds. The highest BCUT2D eigenvalue weighted by molar-refractivity contribution is 7.98. The third kappa shape index (κ3) is 3.81. The molecule has 0 saturated carbocycles. The van der Waals surface area contributed by atoms with E-state index in [1.807, 2.05) is 34.9 Å². The Labute approximate surface area is 181 Å². The molecule has 0 unspecified atom stereocenters. The molecule has 30 heavy (non-hydrogen) atoms. The smallest absolute Gasteiger partial charge is 0.337 e. The molecule has 0 saturated heterocycles. The Morgan fingerprint density at radius 2 is 2.20 bits per heavy atom. The number of anilines is 1. The van der Waals surface area contributed by atoms with Crippen molar-refractivity contribution in [3.8, 4) is 10.7 Å². The lowest BCUT2D eigenvalue weighted by atomic mass is 10.1. The molecule has 152 valence electrons. The maximum atomic E-state index is 11.8. The van der Waals surface area contributed by atoms with Gasteiger partial charge in [-0.2, -0.15) is 0 Å². The molecule has 0 atom stereocenters. The number of esters is 1. The van der Waals surface area contributed by atoms with Crippen LogP contribution in [0.1, 0.15) is 15.9 Å². The highest BCUT2D eigenvalue weighted by Crippen LogP contribution is 2.40. The average molecular weight is 438 g/mol. The minimum Gasteiger partial charge on any atom is -0.465 e. The van der Waals surface area contributed by atoms with Crippen molar-refractivity contribution in [1.29, 1.82) is 0 Å². The number of benzene rings is 1. The molecule has 0 aliphatic rings. The average Bonchev–Trinajstić information content (AvgIpc) is 3.33. The number of carbonyl (C=O) groups is 1. The summed E-state index contributed by atoms with van der Waals surface area (Å²) in [6.45, 7) is 4.41. The number of nitrogens with zero attached hydrogens (tertiary/aromatic N) is 4. The minimum absolute atomic E-state index is 0.354. The number of hydrogen-bond donors (Lipinski definition) is 1. The Balaban J connectivity index is 1.64. The lowest BCUT2D eigenvalue weighted by molar-refractivity contribution is 0.0600. The summed E-state index contributed by atoms with van der Waals surface area (Å²) >= 11 is 3.03. The minimum atomic E-state index is -0.354. The second-order valence-electron chi connectivity index (χ2n) is 6.39. The van der Waals surface area contributed by atoms with Crippen molar-refractivity contribution < 1.29 is 9.53 Å². The fraction of sp³-hybridized carbons (Fsp3) is 0.143. The fourth-order valence-electron chi connectivity index (χ4n) is 3.03. The van der Waals surface area contributed by atoms with Crippen molar-refractivity contribution in [3.63, 3.8) is 0 Å². The number of pyridine rings is 1. The fourth-order valence-corrected chi connectivity index (χ4v) is 4.98. The molecule has 0 bridgehead atoms. The topological polar surface area (TPSA) is 95.9 Å². The molecule has 2 N–H and O–H groups in total. The number of thiophene rings is 1. The third-order valence-electron chi connectivity index (χ3n) is 4.45. The molecule has 7 nitrogen and oxygen atoms in total. The Morgan fingerprint density at radius 3 is 2.97 bits per heavy atom. The van der Waals surface area contributed by atoms with Gasteiger partial charge in [-0.25, -0.2) is 9.78 Å². The van der Waals surface area contributed by atoms with E-state index in [2.05, 4.69) is 21.8 Å². The lowest BCUT2D eigenvalue weighted by Crippen LogP contribution is -2.02. The van der Waals surface area contributed by atoms with E-state index in [-0.39, 0.29) is 5.97 Å². The van der Waals surface area contributed by atoms with Crippen molar-refractivity contribution in [2.75, 3.05) is 12.8 Å². The maximum absolute atomic E-state index is 11.8. The Morgan fingerprint density at radius 1 is 1.33 bits per heavy atom. The van der Waals surface area contributed by atoms with Gasteiger partial charge >= 0.3 is 5.97 Å². The first-order valence-corrected chi connectivity index (χ1v) is 10.9. The number of aromatic nitrogens is 4. The molecule has 1 aromatic carbocycles. The molecule has 0 radical (unpaired) electrons. The quantitative estimate of drug-likeness (QED) is 0.260. The molecule has 3 heterocycles. The van der Waals surface area contributed by atoms with Crippen LogP contribution in [-0.2, 0) is 17.0 Å². The Hall–Kier alpha value is -3.17. The monoisotopic (exact) mass is 437 g/mol. The van der Waals surface area contributed by atoms with Gasteiger partial charge in [-0.05, 0) is 29.8 Å². The number of carbonyl (C=O) groups excluding carboxylic acids is 1. The molecular formula is C21H19N5O2S2. The molecule has 0 aliphatic heterocycles. The summed E-state index contributed by atoms with van der Waals surface area (Å²) < 4.78 is 6.78. The number of hydrogen-bond acceptors (Lipinski definition) is 8. The van der Waals surface area contributed by atoms with Gasteiger partial charge in [0.2, 0.25) is 0 Å². The first kappa shape index (κ1) is 20.1. The van der Waals surface area contributed by atoms with Crippen molar-refractivity contribution >= 4 is 45.0 Å². The number of fused-ring (bicyclic) bond motifs is 1. The predicted octanol–water partition coefficient (Wildman–Crippen LogP) is 4.40. The maximum Gasteiger partial charge on any atom is 0.337 e. The highest BCUT2D eigenvalue weighted by atomic mass is 32.2. The van der Waals surface area contributed by atoms with Gasteiger partial charge in [0.05, 0.1) is 23.2 Å². The van der Waals surface area contributed by atoms with E-state index in [4.69, 9.17) is 10.5 Å². The van der Waals surface area contributed by atoms with E-state index < -0.39 is 0 Å². The van der Waals surface area contributed by atoms with Crippen molar-refractivity contribution in [2.45, 2.75) is 17.5 Å². The van der Waals surface area contributed by atoms with Crippen LogP contribution in [0.5, 0.6) is 0 Å². The van der Waals surface area contributed by atoms with Crippen LogP contribution in [-0.4, -0.2) is 32.8 Å². The summed E-state index contributed by atoms with van der Waals surface area (Å²) in [6, 6.07) is 11.2. The lowest BCUT2D eigenvalue weighted by Gasteiger charge is -2.08. The molecule has 3 aromatic heterocycles. The normalized spacial score (nSPS) is 11.0. The zero-order valence-electron chi connectivity index (χ0n) is 16.2. The van der Waals surface area contributed by atoms with Crippen LogP contribution >= 0.6 is 23.1 Å². The Kier molecular flexibility index (Phi) is 5.82. The largest absolute Gasteiger partial charge is 0.465 e. The van der Waals surface area contributed by atoms with Gasteiger partial charge in [-0.1, -0.05) is 30.0 Å². The summed E-state index contributed by atoms with van der Waals surface area (Å²) in [5.74, 6) is 0.970. The molecule has 9 heteroatoms. The van der Waals surface area contributed by atoms with Gasteiger partial charge in [0, 0.05) is 23.9 Å². The van der Waals surface area contributed by atoms with Crippen molar-refractivity contribution in [3.05, 3.63) is 66.4 Å². The SMILES string of the molecule is C=CCn1c(SCc2cccc(C(=O)OC)c2)nnc1-c1sc2ncccc2c1N. The number of nitrogens with two attached hydrogens (primary N) is 1. The highest BCUT2D eigenvalue weighted by Gasteiger charge is 2.20. The van der Waals surface area contributed by atoms with E-state index in [1.54, 1.807) is 18.3 Å². The predicted molar refractivity (Wildman–Crippen MR) is 121 cm³/mol. The van der Waals surface area contributed by atoms with E-state index in [0.29, 0.717) is 29.4 Å². The van der Waals surface area contributed by atoms with Gasteiger partial charge in [-0.3, -0.25) is 4.57 Å². The summed E-state index contributed by atoms with van der Waals surface area (Å²) in [6.07, 6.45) is 3.55. The molecule has 4 aromatic rings. The standard InChI is InChI=1S/C21H19N5O2S2/c1-3-10-26-18(17-16(22)15-8-5-9-23-19(15)30-17)24-25-21(26)29-12-13-6-4-7-14(11-13)20(27)28-2/h3-9,11H,1,10,12,22H2,2H3. The number of nitrogen functional groups attached to an aromatic ring is 1.